The van der Waals surface area contributed by atoms with Crippen molar-refractivity contribution in [3.05, 3.63) is 78.1 Å². The van der Waals surface area contributed by atoms with E-state index in [9.17, 15) is 13.2 Å². The summed E-state index contributed by atoms with van der Waals surface area (Å²) in [7, 11) is -3.71. The molecule has 0 saturated carbocycles. The van der Waals surface area contributed by atoms with Gasteiger partial charge in [-0.3, -0.25) is 14.5 Å². The lowest BCUT2D eigenvalue weighted by Crippen LogP contribution is -2.25. The summed E-state index contributed by atoms with van der Waals surface area (Å²) in [6.07, 6.45) is 4.23. The van der Waals surface area contributed by atoms with Crippen LogP contribution in [0.2, 0.25) is 0 Å². The Bertz CT molecular complexity index is 1160. The van der Waals surface area contributed by atoms with Crippen molar-refractivity contribution in [2.45, 2.75) is 28.9 Å². The molecule has 1 aliphatic rings. The number of nitrogens with one attached hydrogen (secondary N) is 1. The number of sulfonamides is 1. The number of carbonyl (C=O) groups excluding carboxylic acids is 1. The van der Waals surface area contributed by atoms with Gasteiger partial charge in [0.05, 0.1) is 4.90 Å². The van der Waals surface area contributed by atoms with E-state index in [1.54, 1.807) is 53.2 Å². The van der Waals surface area contributed by atoms with Crippen molar-refractivity contribution < 1.29 is 13.2 Å². The molecule has 0 aliphatic carbocycles. The Labute approximate surface area is 180 Å². The Hall–Kier alpha value is -2.84. The van der Waals surface area contributed by atoms with Crippen LogP contribution in [0.4, 0.5) is 11.4 Å². The van der Waals surface area contributed by atoms with Crippen molar-refractivity contribution >= 4 is 39.1 Å². The molecule has 1 aliphatic heterocycles. The van der Waals surface area contributed by atoms with Crippen LogP contribution >= 0.6 is 11.8 Å². The topological polar surface area (TPSA) is 79.4 Å². The number of hydrogen-bond acceptors (Lipinski definition) is 5. The molecular formula is C22H21N3O3S2. The standard InChI is InChI=1S/C22H21N3O3S2/c1-16(26)25-12-10-18-13-21(8-9-22(18)25)30(27,28)24-19-4-6-20(7-5-19)29-15-17-3-2-11-23-14-17/h2-9,11,13-14,24H,10,12,15H2,1H3. The lowest BCUT2D eigenvalue weighted by molar-refractivity contribution is -0.116. The molecule has 1 amide bonds. The predicted molar refractivity (Wildman–Crippen MR) is 119 cm³/mol. The summed E-state index contributed by atoms with van der Waals surface area (Å²) in [5.74, 6) is 0.759. The van der Waals surface area contributed by atoms with E-state index in [-0.39, 0.29) is 10.8 Å². The van der Waals surface area contributed by atoms with Crippen LogP contribution in [0.15, 0.2) is 76.8 Å². The zero-order valence-electron chi connectivity index (χ0n) is 16.4. The molecule has 0 fully saturated rings. The molecule has 0 unspecified atom stereocenters. The van der Waals surface area contributed by atoms with Crippen molar-refractivity contribution in [2.24, 2.45) is 0 Å². The number of nitrogens with zero attached hydrogens (tertiary/aromatic N) is 2. The van der Waals surface area contributed by atoms with Crippen molar-refractivity contribution in [2.75, 3.05) is 16.2 Å². The Morgan fingerprint density at radius 2 is 1.97 bits per heavy atom. The molecule has 8 heteroatoms. The lowest BCUT2D eigenvalue weighted by atomic mass is 10.2. The molecule has 1 N–H and O–H groups in total. The van der Waals surface area contributed by atoms with Crippen LogP contribution in [-0.2, 0) is 27.0 Å². The smallest absolute Gasteiger partial charge is 0.261 e. The van der Waals surface area contributed by atoms with Crippen LogP contribution < -0.4 is 9.62 Å². The van der Waals surface area contributed by atoms with E-state index in [4.69, 9.17) is 0 Å². The molecule has 0 spiro atoms. The molecule has 3 aromatic rings. The molecule has 0 radical (unpaired) electrons. The largest absolute Gasteiger partial charge is 0.312 e. The minimum absolute atomic E-state index is 0.0380. The molecule has 2 aromatic carbocycles. The van der Waals surface area contributed by atoms with Crippen LogP contribution in [0.1, 0.15) is 18.1 Å². The normalized spacial score (nSPS) is 13.2. The second-order valence-corrected chi connectivity index (χ2v) is 9.72. The predicted octanol–water partition coefficient (Wildman–Crippen LogP) is 4.08. The maximum Gasteiger partial charge on any atom is 0.261 e. The number of thioether (sulfide) groups is 1. The third-order valence-corrected chi connectivity index (χ3v) is 7.33. The van der Waals surface area contributed by atoms with Gasteiger partial charge >= 0.3 is 0 Å². The number of amides is 1. The summed E-state index contributed by atoms with van der Waals surface area (Å²) in [5, 5.41) is 0. The van der Waals surface area contributed by atoms with Crippen LogP contribution in [-0.4, -0.2) is 25.9 Å². The fraction of sp³-hybridized carbons (Fsp3) is 0.182. The first-order valence-corrected chi connectivity index (χ1v) is 11.9. The number of rotatable bonds is 6. The molecule has 0 atom stereocenters. The average Bonchev–Trinajstić information content (AvgIpc) is 3.17. The highest BCUT2D eigenvalue weighted by Crippen LogP contribution is 2.31. The highest BCUT2D eigenvalue weighted by Gasteiger charge is 2.24. The van der Waals surface area contributed by atoms with Crippen LogP contribution in [0.5, 0.6) is 0 Å². The zero-order chi connectivity index (χ0) is 21.1. The summed E-state index contributed by atoms with van der Waals surface area (Å²) in [5.41, 5.74) is 3.30. The second-order valence-electron chi connectivity index (χ2n) is 6.99. The van der Waals surface area contributed by atoms with Crippen molar-refractivity contribution in [3.63, 3.8) is 0 Å². The van der Waals surface area contributed by atoms with E-state index in [2.05, 4.69) is 9.71 Å². The SMILES string of the molecule is CC(=O)N1CCc2cc(S(=O)(=O)Nc3ccc(SCc4cccnc4)cc3)ccc21. The first kappa shape index (κ1) is 20.4. The maximum atomic E-state index is 12.8. The van der Waals surface area contributed by atoms with Crippen molar-refractivity contribution in [3.8, 4) is 0 Å². The number of aromatic nitrogens is 1. The summed E-state index contributed by atoms with van der Waals surface area (Å²) in [4.78, 5) is 18.7. The second kappa shape index (κ2) is 8.49. The van der Waals surface area contributed by atoms with Crippen LogP contribution in [0, 0.1) is 0 Å². The molecule has 0 saturated heterocycles. The monoisotopic (exact) mass is 439 g/mol. The number of anilines is 2. The molecule has 154 valence electrons. The van der Waals surface area contributed by atoms with Gasteiger partial charge in [0.2, 0.25) is 5.91 Å². The van der Waals surface area contributed by atoms with E-state index in [1.165, 1.54) is 6.92 Å². The van der Waals surface area contributed by atoms with E-state index >= 15 is 0 Å². The Kier molecular flexibility index (Phi) is 5.78. The van der Waals surface area contributed by atoms with E-state index in [0.717, 1.165) is 27.5 Å². The van der Waals surface area contributed by atoms with E-state index in [1.807, 2.05) is 30.5 Å². The van der Waals surface area contributed by atoms with Gasteiger partial charge in [0.25, 0.3) is 10.0 Å². The fourth-order valence-electron chi connectivity index (χ4n) is 3.36. The lowest BCUT2D eigenvalue weighted by Gasteiger charge is -2.15. The van der Waals surface area contributed by atoms with Gasteiger partial charge in [-0.25, -0.2) is 8.42 Å². The third-order valence-electron chi connectivity index (χ3n) is 4.87. The molecule has 6 nitrogen and oxygen atoms in total. The number of benzene rings is 2. The summed E-state index contributed by atoms with van der Waals surface area (Å²) < 4.78 is 28.3. The number of carbonyl (C=O) groups is 1. The molecule has 4 rings (SSSR count). The zero-order valence-corrected chi connectivity index (χ0v) is 18.0. The van der Waals surface area contributed by atoms with Crippen molar-refractivity contribution in [1.82, 2.24) is 4.98 Å². The van der Waals surface area contributed by atoms with Crippen LogP contribution in [0.25, 0.3) is 0 Å². The van der Waals surface area contributed by atoms with Crippen molar-refractivity contribution in [1.29, 1.82) is 0 Å². The summed E-state index contributed by atoms with van der Waals surface area (Å²) >= 11 is 1.66. The number of pyridine rings is 1. The molecule has 30 heavy (non-hydrogen) atoms. The number of fused-ring (bicyclic) bond motifs is 1. The molecule has 2 heterocycles. The van der Waals surface area contributed by atoms with Gasteiger partial charge in [-0.15, -0.1) is 11.8 Å². The summed E-state index contributed by atoms with van der Waals surface area (Å²) in [6, 6.07) is 16.1. The van der Waals surface area contributed by atoms with E-state index in [0.29, 0.717) is 18.7 Å². The maximum absolute atomic E-state index is 12.8. The van der Waals surface area contributed by atoms with Gasteiger partial charge in [-0.1, -0.05) is 6.07 Å². The van der Waals surface area contributed by atoms with Gasteiger partial charge in [0, 0.05) is 47.9 Å². The average molecular weight is 440 g/mol. The fourth-order valence-corrected chi connectivity index (χ4v) is 5.30. The van der Waals surface area contributed by atoms with Gasteiger partial charge in [-0.2, -0.15) is 0 Å². The Balaban J connectivity index is 1.44. The highest BCUT2D eigenvalue weighted by atomic mass is 32.2. The first-order chi connectivity index (χ1) is 14.4. The Morgan fingerprint density at radius 1 is 1.17 bits per heavy atom. The summed E-state index contributed by atoms with van der Waals surface area (Å²) in [6.45, 7) is 2.10. The van der Waals surface area contributed by atoms with E-state index < -0.39 is 10.0 Å². The quantitative estimate of drug-likeness (QED) is 0.586. The third kappa shape index (κ3) is 4.49. The van der Waals surface area contributed by atoms with Gasteiger partial charge < -0.3 is 4.90 Å². The molecule has 0 bridgehead atoms. The first-order valence-electron chi connectivity index (χ1n) is 9.48. The highest BCUT2D eigenvalue weighted by molar-refractivity contribution is 7.98. The Morgan fingerprint density at radius 3 is 2.67 bits per heavy atom. The minimum atomic E-state index is -3.71. The molecular weight excluding hydrogens is 418 g/mol. The van der Waals surface area contributed by atoms with Gasteiger partial charge in [0.1, 0.15) is 0 Å². The van der Waals surface area contributed by atoms with Crippen LogP contribution in [0.3, 0.4) is 0 Å². The minimum Gasteiger partial charge on any atom is -0.312 e. The van der Waals surface area contributed by atoms with Gasteiger partial charge in [-0.05, 0) is 66.1 Å². The molecule has 1 aromatic heterocycles. The number of hydrogen-bond donors (Lipinski definition) is 1. The van der Waals surface area contributed by atoms with Gasteiger partial charge in [0.15, 0.2) is 0 Å².